The Labute approximate surface area is 156 Å². The van der Waals surface area contributed by atoms with E-state index >= 15 is 0 Å². The molecule has 0 aliphatic carbocycles. The Hall–Kier alpha value is -3.35. The Kier molecular flexibility index (Phi) is 4.50. The third kappa shape index (κ3) is 3.23. The molecule has 1 N–H and O–H groups in total. The number of nitrogens with zero attached hydrogens (tertiary/aromatic N) is 3. The van der Waals surface area contributed by atoms with Crippen LogP contribution in [0.3, 0.4) is 0 Å². The molecule has 27 heavy (non-hydrogen) atoms. The number of aromatic nitrogens is 2. The standard InChI is InChI=1S/C20H19FN4O2/c1-27-19-9-5-4-8-18(19)24-11-10-16(20(24)26)23-14-12-22-25(13-14)17-7-3-2-6-15(17)21/h2-9,12-13,16,23H,10-11H2,1H3. The predicted octanol–water partition coefficient (Wildman–Crippen LogP) is 3.24. The molecule has 0 radical (unpaired) electrons. The number of benzene rings is 2. The van der Waals surface area contributed by atoms with Crippen molar-refractivity contribution in [3.05, 3.63) is 66.7 Å². The molecular formula is C20H19FN4O2. The van der Waals surface area contributed by atoms with Gasteiger partial charge in [0, 0.05) is 6.54 Å². The monoisotopic (exact) mass is 366 g/mol. The number of amides is 1. The van der Waals surface area contributed by atoms with Gasteiger partial charge in [-0.2, -0.15) is 5.10 Å². The number of hydrogen-bond donors (Lipinski definition) is 1. The van der Waals surface area contributed by atoms with Crippen molar-refractivity contribution in [3.63, 3.8) is 0 Å². The van der Waals surface area contributed by atoms with Gasteiger partial charge in [0.15, 0.2) is 0 Å². The number of anilines is 2. The summed E-state index contributed by atoms with van der Waals surface area (Å²) in [7, 11) is 1.59. The van der Waals surface area contributed by atoms with Gasteiger partial charge in [0.05, 0.1) is 30.9 Å². The van der Waals surface area contributed by atoms with Gasteiger partial charge in [-0.05, 0) is 30.7 Å². The van der Waals surface area contributed by atoms with Gasteiger partial charge in [-0.1, -0.05) is 24.3 Å². The van der Waals surface area contributed by atoms with E-state index < -0.39 is 0 Å². The Balaban J connectivity index is 1.50. The number of para-hydroxylation sites is 3. The lowest BCUT2D eigenvalue weighted by Crippen LogP contribution is -2.33. The summed E-state index contributed by atoms with van der Waals surface area (Å²) >= 11 is 0. The molecule has 1 fully saturated rings. The Morgan fingerprint density at radius 3 is 2.67 bits per heavy atom. The SMILES string of the molecule is COc1ccccc1N1CCC(Nc2cnn(-c3ccccc3F)c2)C1=O. The van der Waals surface area contributed by atoms with Crippen LogP contribution in [0, 0.1) is 5.82 Å². The predicted molar refractivity (Wildman–Crippen MR) is 101 cm³/mol. The first kappa shape index (κ1) is 17.1. The number of nitrogens with one attached hydrogen (secondary N) is 1. The maximum atomic E-state index is 13.9. The van der Waals surface area contributed by atoms with Gasteiger partial charge in [0.1, 0.15) is 23.3 Å². The van der Waals surface area contributed by atoms with Crippen molar-refractivity contribution in [1.82, 2.24) is 9.78 Å². The highest BCUT2D eigenvalue weighted by Gasteiger charge is 2.34. The topological polar surface area (TPSA) is 59.4 Å². The van der Waals surface area contributed by atoms with E-state index in [1.807, 2.05) is 24.3 Å². The minimum atomic E-state index is -0.367. The van der Waals surface area contributed by atoms with Crippen molar-refractivity contribution in [2.45, 2.75) is 12.5 Å². The van der Waals surface area contributed by atoms with Crippen LogP contribution in [0.5, 0.6) is 5.75 Å². The first-order valence-electron chi connectivity index (χ1n) is 8.68. The number of ether oxygens (including phenoxy) is 1. The summed E-state index contributed by atoms with van der Waals surface area (Å²) in [6, 6.07) is 13.5. The van der Waals surface area contributed by atoms with Gasteiger partial charge in [-0.15, -0.1) is 0 Å². The molecule has 0 bridgehead atoms. The molecule has 1 unspecified atom stereocenters. The van der Waals surface area contributed by atoms with E-state index in [2.05, 4.69) is 10.4 Å². The van der Waals surface area contributed by atoms with Crippen LogP contribution in [0.2, 0.25) is 0 Å². The minimum Gasteiger partial charge on any atom is -0.495 e. The van der Waals surface area contributed by atoms with E-state index in [1.165, 1.54) is 10.7 Å². The summed E-state index contributed by atoms with van der Waals surface area (Å²) in [6.45, 7) is 0.596. The van der Waals surface area contributed by atoms with Gasteiger partial charge >= 0.3 is 0 Å². The fourth-order valence-electron chi connectivity index (χ4n) is 3.27. The second-order valence-corrected chi connectivity index (χ2v) is 6.27. The van der Waals surface area contributed by atoms with Crippen molar-refractivity contribution in [2.24, 2.45) is 0 Å². The van der Waals surface area contributed by atoms with Crippen LogP contribution in [0.1, 0.15) is 6.42 Å². The Morgan fingerprint density at radius 2 is 1.89 bits per heavy atom. The number of carbonyl (C=O) groups excluding carboxylic acids is 1. The van der Waals surface area contributed by atoms with E-state index in [4.69, 9.17) is 4.74 Å². The van der Waals surface area contributed by atoms with Crippen molar-refractivity contribution in [3.8, 4) is 11.4 Å². The molecule has 0 spiro atoms. The summed E-state index contributed by atoms with van der Waals surface area (Å²) in [5.41, 5.74) is 1.79. The first-order valence-corrected chi connectivity index (χ1v) is 8.68. The number of methoxy groups -OCH3 is 1. The van der Waals surface area contributed by atoms with Crippen molar-refractivity contribution < 1.29 is 13.9 Å². The minimum absolute atomic E-state index is 0.0295. The second kappa shape index (κ2) is 7.11. The molecule has 1 aliphatic heterocycles. The van der Waals surface area contributed by atoms with Crippen molar-refractivity contribution >= 4 is 17.3 Å². The maximum absolute atomic E-state index is 13.9. The lowest BCUT2D eigenvalue weighted by atomic mass is 10.2. The molecule has 3 aromatic rings. The highest BCUT2D eigenvalue weighted by atomic mass is 19.1. The van der Waals surface area contributed by atoms with E-state index in [9.17, 15) is 9.18 Å². The van der Waals surface area contributed by atoms with Gasteiger partial charge < -0.3 is 15.0 Å². The smallest absolute Gasteiger partial charge is 0.249 e. The lowest BCUT2D eigenvalue weighted by molar-refractivity contribution is -0.117. The van der Waals surface area contributed by atoms with Crippen LogP contribution in [0.4, 0.5) is 15.8 Å². The average molecular weight is 366 g/mol. The summed E-state index contributed by atoms with van der Waals surface area (Å²) in [5, 5.41) is 7.39. The molecule has 4 rings (SSSR count). The molecule has 2 aromatic carbocycles. The fraction of sp³-hybridized carbons (Fsp3) is 0.200. The maximum Gasteiger partial charge on any atom is 0.249 e. The van der Waals surface area contributed by atoms with Crippen LogP contribution in [-0.2, 0) is 4.79 Å². The summed E-state index contributed by atoms with van der Waals surface area (Å²) in [6.07, 6.45) is 3.92. The zero-order valence-electron chi connectivity index (χ0n) is 14.8. The van der Waals surface area contributed by atoms with Gasteiger partial charge in [0.2, 0.25) is 5.91 Å². The molecule has 6 nitrogen and oxygen atoms in total. The molecule has 1 amide bonds. The molecule has 138 valence electrons. The molecule has 7 heteroatoms. The zero-order valence-corrected chi connectivity index (χ0v) is 14.8. The number of rotatable bonds is 5. The summed E-state index contributed by atoms with van der Waals surface area (Å²) < 4.78 is 20.7. The van der Waals surface area contributed by atoms with Crippen molar-refractivity contribution in [1.29, 1.82) is 0 Å². The lowest BCUT2D eigenvalue weighted by Gasteiger charge is -2.19. The molecule has 1 aliphatic rings. The third-order valence-corrected chi connectivity index (χ3v) is 4.60. The summed E-state index contributed by atoms with van der Waals surface area (Å²) in [5.74, 6) is 0.281. The molecular weight excluding hydrogens is 347 g/mol. The normalized spacial score (nSPS) is 16.6. The average Bonchev–Trinajstić information content (AvgIpc) is 3.30. The van der Waals surface area contributed by atoms with Crippen LogP contribution in [-0.4, -0.2) is 35.4 Å². The second-order valence-electron chi connectivity index (χ2n) is 6.27. The van der Waals surface area contributed by atoms with Gasteiger partial charge in [-0.25, -0.2) is 9.07 Å². The molecule has 1 aromatic heterocycles. The van der Waals surface area contributed by atoms with Crippen LogP contribution >= 0.6 is 0 Å². The molecule has 1 atom stereocenters. The number of hydrogen-bond acceptors (Lipinski definition) is 4. The largest absolute Gasteiger partial charge is 0.495 e. The number of carbonyl (C=O) groups is 1. The Morgan fingerprint density at radius 1 is 1.15 bits per heavy atom. The zero-order chi connectivity index (χ0) is 18.8. The fourth-order valence-corrected chi connectivity index (χ4v) is 3.27. The van der Waals surface area contributed by atoms with E-state index in [0.717, 1.165) is 5.69 Å². The third-order valence-electron chi connectivity index (χ3n) is 4.60. The van der Waals surface area contributed by atoms with Crippen LogP contribution in [0.25, 0.3) is 5.69 Å². The Bertz CT molecular complexity index is 972. The highest BCUT2D eigenvalue weighted by Crippen LogP contribution is 2.31. The first-order chi connectivity index (χ1) is 13.2. The summed E-state index contributed by atoms with van der Waals surface area (Å²) in [4.78, 5) is 14.6. The van der Waals surface area contributed by atoms with E-state index in [1.54, 1.807) is 42.6 Å². The van der Waals surface area contributed by atoms with E-state index in [0.29, 0.717) is 30.1 Å². The number of halogens is 1. The highest BCUT2D eigenvalue weighted by molar-refractivity contribution is 6.02. The molecule has 0 saturated carbocycles. The van der Waals surface area contributed by atoms with E-state index in [-0.39, 0.29) is 17.8 Å². The van der Waals surface area contributed by atoms with Gasteiger partial charge in [0.25, 0.3) is 0 Å². The van der Waals surface area contributed by atoms with Crippen LogP contribution < -0.4 is 15.0 Å². The van der Waals surface area contributed by atoms with Gasteiger partial charge in [-0.3, -0.25) is 4.79 Å². The quantitative estimate of drug-likeness (QED) is 0.753. The van der Waals surface area contributed by atoms with Crippen molar-refractivity contribution in [2.75, 3.05) is 23.9 Å². The molecule has 2 heterocycles. The molecule has 1 saturated heterocycles. The van der Waals surface area contributed by atoms with Crippen LogP contribution in [0.15, 0.2) is 60.9 Å².